The minimum absolute atomic E-state index is 0.145. The Kier molecular flexibility index (Phi) is 3.00. The first kappa shape index (κ1) is 11.7. The maximum atomic E-state index is 11.5. The third-order valence-corrected chi connectivity index (χ3v) is 2.33. The van der Waals surface area contributed by atoms with Crippen molar-refractivity contribution in [2.75, 3.05) is 7.05 Å². The Labute approximate surface area is 101 Å². The molecule has 1 aromatic carbocycles. The number of rotatable bonds is 3. The molecule has 1 amide bonds. The van der Waals surface area contributed by atoms with Gasteiger partial charge in [-0.05, 0) is 12.1 Å². The lowest BCUT2D eigenvalue weighted by Crippen LogP contribution is -2.18. The quantitative estimate of drug-likeness (QED) is 0.629. The SMILES string of the molecule is CNC(=O)c1ccc([N+](=O)[O-])c(-n2cncn2)c1. The molecule has 0 radical (unpaired) electrons. The molecule has 92 valence electrons. The number of nitro groups is 1. The van der Waals surface area contributed by atoms with Gasteiger partial charge in [-0.1, -0.05) is 0 Å². The third kappa shape index (κ3) is 2.03. The zero-order chi connectivity index (χ0) is 13.1. The fourth-order valence-corrected chi connectivity index (χ4v) is 1.48. The van der Waals surface area contributed by atoms with Crippen LogP contribution in [0.25, 0.3) is 5.69 Å². The highest BCUT2D eigenvalue weighted by Gasteiger charge is 2.18. The van der Waals surface area contributed by atoms with Crippen LogP contribution in [-0.4, -0.2) is 32.6 Å². The lowest BCUT2D eigenvalue weighted by atomic mass is 10.1. The Hall–Kier alpha value is -2.77. The second kappa shape index (κ2) is 4.62. The molecule has 18 heavy (non-hydrogen) atoms. The molecular formula is C10H9N5O3. The molecule has 2 rings (SSSR count). The van der Waals surface area contributed by atoms with E-state index in [2.05, 4.69) is 15.4 Å². The monoisotopic (exact) mass is 247 g/mol. The number of hydrogen-bond acceptors (Lipinski definition) is 5. The summed E-state index contributed by atoms with van der Waals surface area (Å²) in [6, 6.07) is 4.05. The van der Waals surface area contributed by atoms with Gasteiger partial charge in [0.25, 0.3) is 11.6 Å². The summed E-state index contributed by atoms with van der Waals surface area (Å²) in [7, 11) is 1.49. The first-order valence-electron chi connectivity index (χ1n) is 4.99. The van der Waals surface area contributed by atoms with Gasteiger partial charge >= 0.3 is 0 Å². The van der Waals surface area contributed by atoms with Gasteiger partial charge in [-0.3, -0.25) is 14.9 Å². The van der Waals surface area contributed by atoms with Crippen LogP contribution in [0.4, 0.5) is 5.69 Å². The number of carbonyl (C=O) groups excluding carboxylic acids is 1. The van der Waals surface area contributed by atoms with Crippen LogP contribution in [0.3, 0.4) is 0 Å². The number of carbonyl (C=O) groups is 1. The van der Waals surface area contributed by atoms with Crippen LogP contribution in [0, 0.1) is 10.1 Å². The molecule has 8 nitrogen and oxygen atoms in total. The molecule has 0 spiro atoms. The van der Waals surface area contributed by atoms with E-state index < -0.39 is 4.92 Å². The molecular weight excluding hydrogens is 238 g/mol. The summed E-state index contributed by atoms with van der Waals surface area (Å²) < 4.78 is 1.24. The van der Waals surface area contributed by atoms with E-state index in [9.17, 15) is 14.9 Å². The van der Waals surface area contributed by atoms with Crippen molar-refractivity contribution in [3.8, 4) is 5.69 Å². The molecule has 0 bridgehead atoms. The van der Waals surface area contributed by atoms with Crippen molar-refractivity contribution in [2.45, 2.75) is 0 Å². The van der Waals surface area contributed by atoms with Crippen molar-refractivity contribution in [3.63, 3.8) is 0 Å². The highest BCUT2D eigenvalue weighted by molar-refractivity contribution is 5.95. The summed E-state index contributed by atoms with van der Waals surface area (Å²) in [5.41, 5.74) is 0.361. The highest BCUT2D eigenvalue weighted by Crippen LogP contribution is 2.23. The van der Waals surface area contributed by atoms with Crippen molar-refractivity contribution in [2.24, 2.45) is 0 Å². The van der Waals surface area contributed by atoms with Crippen LogP contribution >= 0.6 is 0 Å². The van der Waals surface area contributed by atoms with E-state index in [1.807, 2.05) is 0 Å². The van der Waals surface area contributed by atoms with E-state index >= 15 is 0 Å². The molecule has 1 aromatic heterocycles. The van der Waals surface area contributed by atoms with Gasteiger partial charge < -0.3 is 5.32 Å². The fraction of sp³-hybridized carbons (Fsp3) is 0.100. The Morgan fingerprint density at radius 2 is 2.28 bits per heavy atom. The van der Waals surface area contributed by atoms with E-state index in [-0.39, 0.29) is 17.3 Å². The largest absolute Gasteiger partial charge is 0.355 e. The summed E-state index contributed by atoms with van der Waals surface area (Å²) in [5, 5.41) is 17.2. The van der Waals surface area contributed by atoms with Gasteiger partial charge in [0.05, 0.1) is 4.92 Å². The first-order valence-corrected chi connectivity index (χ1v) is 4.99. The van der Waals surface area contributed by atoms with Gasteiger partial charge in [0.15, 0.2) is 0 Å². The molecule has 2 aromatic rings. The minimum atomic E-state index is -0.537. The fourth-order valence-electron chi connectivity index (χ4n) is 1.48. The molecule has 0 saturated carbocycles. The first-order chi connectivity index (χ1) is 8.63. The van der Waals surface area contributed by atoms with Crippen molar-refractivity contribution in [1.29, 1.82) is 0 Å². The maximum absolute atomic E-state index is 11.5. The van der Waals surface area contributed by atoms with E-state index in [4.69, 9.17) is 0 Å². The van der Waals surface area contributed by atoms with Crippen molar-refractivity contribution < 1.29 is 9.72 Å². The standard InChI is InChI=1S/C10H9N5O3/c1-11-10(16)7-2-3-8(15(17)18)9(4-7)14-6-12-5-13-14/h2-6H,1H3,(H,11,16). The number of nitrogens with one attached hydrogen (secondary N) is 1. The average Bonchev–Trinajstić information content (AvgIpc) is 2.90. The van der Waals surface area contributed by atoms with Gasteiger partial charge in [0.1, 0.15) is 18.3 Å². The Bertz CT molecular complexity index is 594. The van der Waals surface area contributed by atoms with Crippen LogP contribution in [0.15, 0.2) is 30.9 Å². The van der Waals surface area contributed by atoms with E-state index in [1.165, 1.54) is 42.6 Å². The zero-order valence-corrected chi connectivity index (χ0v) is 9.40. The Morgan fingerprint density at radius 1 is 1.50 bits per heavy atom. The number of hydrogen-bond donors (Lipinski definition) is 1. The molecule has 1 N–H and O–H groups in total. The molecule has 0 atom stereocenters. The zero-order valence-electron chi connectivity index (χ0n) is 9.40. The minimum Gasteiger partial charge on any atom is -0.355 e. The molecule has 0 saturated heterocycles. The summed E-state index contributed by atoms with van der Waals surface area (Å²) in [5.74, 6) is -0.328. The molecule has 1 heterocycles. The van der Waals surface area contributed by atoms with Crippen LogP contribution in [-0.2, 0) is 0 Å². The second-order valence-corrected chi connectivity index (χ2v) is 3.38. The topological polar surface area (TPSA) is 103 Å². The second-order valence-electron chi connectivity index (χ2n) is 3.38. The van der Waals surface area contributed by atoms with Gasteiger partial charge in [-0.15, -0.1) is 0 Å². The van der Waals surface area contributed by atoms with E-state index in [1.54, 1.807) is 0 Å². The summed E-state index contributed by atoms with van der Waals surface area (Å²) in [4.78, 5) is 25.6. The van der Waals surface area contributed by atoms with Crippen LogP contribution < -0.4 is 5.32 Å². The maximum Gasteiger partial charge on any atom is 0.294 e. The normalized spacial score (nSPS) is 10.1. The molecule has 0 aliphatic heterocycles. The van der Waals surface area contributed by atoms with E-state index in [0.717, 1.165) is 0 Å². The summed E-state index contributed by atoms with van der Waals surface area (Å²) in [6.45, 7) is 0. The average molecular weight is 247 g/mol. The molecule has 8 heteroatoms. The molecule has 0 fully saturated rings. The van der Waals surface area contributed by atoms with Gasteiger partial charge in [-0.2, -0.15) is 5.10 Å². The lowest BCUT2D eigenvalue weighted by Gasteiger charge is -2.05. The van der Waals surface area contributed by atoms with Crippen molar-refractivity contribution in [3.05, 3.63) is 46.5 Å². The summed E-state index contributed by atoms with van der Waals surface area (Å²) >= 11 is 0. The molecule has 0 aliphatic rings. The van der Waals surface area contributed by atoms with Crippen LogP contribution in [0.1, 0.15) is 10.4 Å². The van der Waals surface area contributed by atoms with Crippen LogP contribution in [0.2, 0.25) is 0 Å². The number of amides is 1. The summed E-state index contributed by atoms with van der Waals surface area (Å²) in [6.07, 6.45) is 2.59. The Balaban J connectivity index is 2.59. The van der Waals surface area contributed by atoms with Gasteiger partial charge in [-0.25, -0.2) is 9.67 Å². The highest BCUT2D eigenvalue weighted by atomic mass is 16.6. The van der Waals surface area contributed by atoms with Gasteiger partial charge in [0, 0.05) is 18.7 Å². The van der Waals surface area contributed by atoms with Crippen molar-refractivity contribution >= 4 is 11.6 Å². The van der Waals surface area contributed by atoms with Crippen LogP contribution in [0.5, 0.6) is 0 Å². The number of aromatic nitrogens is 3. The lowest BCUT2D eigenvalue weighted by molar-refractivity contribution is -0.384. The smallest absolute Gasteiger partial charge is 0.294 e. The Morgan fingerprint density at radius 3 is 2.83 bits per heavy atom. The third-order valence-electron chi connectivity index (χ3n) is 2.33. The number of benzene rings is 1. The predicted molar refractivity (Wildman–Crippen MR) is 61.4 cm³/mol. The van der Waals surface area contributed by atoms with Gasteiger partial charge in [0.2, 0.25) is 0 Å². The molecule has 0 unspecified atom stereocenters. The number of nitro benzene ring substituents is 1. The predicted octanol–water partition coefficient (Wildman–Crippen LogP) is 0.535. The van der Waals surface area contributed by atoms with E-state index in [0.29, 0.717) is 5.56 Å². The number of nitrogens with zero attached hydrogens (tertiary/aromatic N) is 4. The van der Waals surface area contributed by atoms with Crippen molar-refractivity contribution in [1.82, 2.24) is 20.1 Å². The molecule has 0 aliphatic carbocycles.